The lowest BCUT2D eigenvalue weighted by Gasteiger charge is -2.32. The molecule has 0 saturated carbocycles. The van der Waals surface area contributed by atoms with E-state index in [1.807, 2.05) is 87.5 Å². The molecule has 0 bridgehead atoms. The lowest BCUT2D eigenvalue weighted by molar-refractivity contribution is -0.139. The van der Waals surface area contributed by atoms with Crippen molar-refractivity contribution >= 4 is 39.5 Å². The summed E-state index contributed by atoms with van der Waals surface area (Å²) in [4.78, 5) is 29.0. The predicted molar refractivity (Wildman–Crippen MR) is 154 cm³/mol. The van der Waals surface area contributed by atoms with E-state index in [0.29, 0.717) is 18.7 Å². The van der Waals surface area contributed by atoms with Crippen LogP contribution in [0.15, 0.2) is 83.3 Å². The molecule has 6 heteroatoms. The smallest absolute Gasteiger partial charge is 0.243 e. The van der Waals surface area contributed by atoms with Crippen molar-refractivity contribution in [3.63, 3.8) is 0 Å². The van der Waals surface area contributed by atoms with Crippen molar-refractivity contribution in [2.45, 2.75) is 58.0 Å². The molecule has 2 unspecified atom stereocenters. The van der Waals surface area contributed by atoms with Gasteiger partial charge in [-0.15, -0.1) is 11.8 Å². The molecule has 0 fully saturated rings. The van der Waals surface area contributed by atoms with Gasteiger partial charge in [-0.3, -0.25) is 9.59 Å². The van der Waals surface area contributed by atoms with Gasteiger partial charge in [0.1, 0.15) is 6.04 Å². The molecule has 0 saturated heterocycles. The Balaban J connectivity index is 1.84. The number of benzene rings is 3. The maximum atomic E-state index is 13.7. The summed E-state index contributed by atoms with van der Waals surface area (Å²) in [6.07, 6.45) is 1.30. The van der Waals surface area contributed by atoms with Crippen LogP contribution in [0.25, 0.3) is 0 Å². The second kappa shape index (κ2) is 14.2. The lowest BCUT2D eigenvalue weighted by atomic mass is 10.0. The number of nitrogens with zero attached hydrogens (tertiary/aromatic N) is 1. The average molecular weight is 568 g/mol. The van der Waals surface area contributed by atoms with Crippen LogP contribution in [0.3, 0.4) is 0 Å². The average Bonchev–Trinajstić information content (AvgIpc) is 2.88. The second-order valence-electron chi connectivity index (χ2n) is 9.15. The summed E-state index contributed by atoms with van der Waals surface area (Å²) in [6, 6.07) is 25.7. The minimum atomic E-state index is -0.594. The van der Waals surface area contributed by atoms with Crippen molar-refractivity contribution in [2.24, 2.45) is 0 Å². The molecule has 190 valence electrons. The Kier molecular flexibility index (Phi) is 11.1. The Bertz CT molecular complexity index is 1100. The first-order valence-corrected chi connectivity index (χ1v) is 14.3. The Hall–Kier alpha value is -2.57. The van der Waals surface area contributed by atoms with Crippen LogP contribution in [0, 0.1) is 6.92 Å². The molecule has 0 radical (unpaired) electrons. The standard InChI is InChI=1S/C30H35BrN2O2S/c1-4-23(3)32-30(35)28(18-24-8-6-5-7-9-24)33(19-25-12-10-22(2)11-13-25)29(34)21-36-20-26-14-16-27(31)17-15-26/h5-17,23,28H,4,18-21H2,1-3H3,(H,32,35). The van der Waals surface area contributed by atoms with Crippen LogP contribution in [0.4, 0.5) is 0 Å². The summed E-state index contributed by atoms with van der Waals surface area (Å²) >= 11 is 5.04. The molecular formula is C30H35BrN2O2S. The molecule has 0 aromatic heterocycles. The highest BCUT2D eigenvalue weighted by Crippen LogP contribution is 2.20. The number of aryl methyl sites for hydroxylation is 1. The summed E-state index contributed by atoms with van der Waals surface area (Å²) in [5.41, 5.74) is 4.38. The highest BCUT2D eigenvalue weighted by atomic mass is 79.9. The van der Waals surface area contributed by atoms with Gasteiger partial charge in [-0.2, -0.15) is 0 Å². The third-order valence-electron chi connectivity index (χ3n) is 6.15. The van der Waals surface area contributed by atoms with Gasteiger partial charge in [0.05, 0.1) is 5.75 Å². The van der Waals surface area contributed by atoms with Crippen molar-refractivity contribution < 1.29 is 9.59 Å². The van der Waals surface area contributed by atoms with E-state index in [0.717, 1.165) is 38.9 Å². The third kappa shape index (κ3) is 8.82. The van der Waals surface area contributed by atoms with Crippen LogP contribution in [0.5, 0.6) is 0 Å². The highest BCUT2D eigenvalue weighted by molar-refractivity contribution is 9.10. The topological polar surface area (TPSA) is 49.4 Å². The van der Waals surface area contributed by atoms with Crippen molar-refractivity contribution in [1.82, 2.24) is 10.2 Å². The highest BCUT2D eigenvalue weighted by Gasteiger charge is 2.30. The summed E-state index contributed by atoms with van der Waals surface area (Å²) in [7, 11) is 0. The summed E-state index contributed by atoms with van der Waals surface area (Å²) in [6.45, 7) is 6.48. The van der Waals surface area contributed by atoms with Crippen molar-refractivity contribution in [2.75, 3.05) is 5.75 Å². The van der Waals surface area contributed by atoms with E-state index in [2.05, 4.69) is 33.4 Å². The lowest BCUT2D eigenvalue weighted by Crippen LogP contribution is -2.52. The number of rotatable bonds is 12. The maximum Gasteiger partial charge on any atom is 0.243 e. The molecule has 3 rings (SSSR count). The van der Waals surface area contributed by atoms with Crippen LogP contribution in [0.2, 0.25) is 0 Å². The molecule has 0 spiro atoms. The van der Waals surface area contributed by atoms with Gasteiger partial charge in [-0.25, -0.2) is 0 Å². The Labute approximate surface area is 228 Å². The van der Waals surface area contributed by atoms with E-state index in [1.165, 1.54) is 0 Å². The summed E-state index contributed by atoms with van der Waals surface area (Å²) in [5, 5.41) is 3.12. The van der Waals surface area contributed by atoms with Gasteiger partial charge in [-0.05, 0) is 49.1 Å². The van der Waals surface area contributed by atoms with E-state index in [9.17, 15) is 9.59 Å². The number of hydrogen-bond donors (Lipinski definition) is 1. The quantitative estimate of drug-likeness (QED) is 0.270. The number of hydrogen-bond acceptors (Lipinski definition) is 3. The van der Waals surface area contributed by atoms with E-state index in [-0.39, 0.29) is 17.9 Å². The number of amides is 2. The predicted octanol–water partition coefficient (Wildman–Crippen LogP) is 6.55. The minimum absolute atomic E-state index is 0.0297. The molecule has 36 heavy (non-hydrogen) atoms. The molecule has 0 heterocycles. The molecule has 4 nitrogen and oxygen atoms in total. The van der Waals surface area contributed by atoms with E-state index < -0.39 is 6.04 Å². The van der Waals surface area contributed by atoms with Gasteiger partial charge in [0.2, 0.25) is 11.8 Å². The molecule has 3 aromatic carbocycles. The van der Waals surface area contributed by atoms with Crippen LogP contribution < -0.4 is 5.32 Å². The SMILES string of the molecule is CCC(C)NC(=O)C(Cc1ccccc1)N(Cc1ccc(C)cc1)C(=O)CSCc1ccc(Br)cc1. The first-order valence-electron chi connectivity index (χ1n) is 12.4. The normalized spacial score (nSPS) is 12.6. The van der Waals surface area contributed by atoms with Gasteiger partial charge in [0, 0.05) is 29.2 Å². The van der Waals surface area contributed by atoms with Crippen molar-refractivity contribution in [3.8, 4) is 0 Å². The Morgan fingerprint density at radius 2 is 1.56 bits per heavy atom. The molecule has 0 aliphatic carbocycles. The zero-order valence-electron chi connectivity index (χ0n) is 21.2. The van der Waals surface area contributed by atoms with E-state index in [4.69, 9.17) is 0 Å². The van der Waals surface area contributed by atoms with E-state index in [1.54, 1.807) is 16.7 Å². The Morgan fingerprint density at radius 3 is 2.19 bits per heavy atom. The largest absolute Gasteiger partial charge is 0.352 e. The zero-order chi connectivity index (χ0) is 25.9. The van der Waals surface area contributed by atoms with Gasteiger partial charge >= 0.3 is 0 Å². The second-order valence-corrected chi connectivity index (χ2v) is 11.1. The number of carbonyl (C=O) groups excluding carboxylic acids is 2. The van der Waals surface area contributed by atoms with E-state index >= 15 is 0 Å². The number of carbonyl (C=O) groups is 2. The fourth-order valence-corrected chi connectivity index (χ4v) is 4.94. The zero-order valence-corrected chi connectivity index (χ0v) is 23.6. The van der Waals surface area contributed by atoms with Crippen LogP contribution in [-0.2, 0) is 28.3 Å². The Morgan fingerprint density at radius 1 is 0.917 bits per heavy atom. The summed E-state index contributed by atoms with van der Waals surface area (Å²) < 4.78 is 1.03. The maximum absolute atomic E-state index is 13.7. The van der Waals surface area contributed by atoms with Crippen LogP contribution >= 0.6 is 27.7 Å². The molecule has 2 amide bonds. The van der Waals surface area contributed by atoms with Crippen molar-refractivity contribution in [1.29, 1.82) is 0 Å². The number of halogens is 1. The monoisotopic (exact) mass is 566 g/mol. The molecular weight excluding hydrogens is 532 g/mol. The van der Waals surface area contributed by atoms with Gasteiger partial charge in [-0.1, -0.05) is 95.1 Å². The first-order chi connectivity index (χ1) is 17.4. The molecule has 1 N–H and O–H groups in total. The van der Waals surface area contributed by atoms with Gasteiger partial charge in [0.15, 0.2) is 0 Å². The number of nitrogens with one attached hydrogen (secondary N) is 1. The third-order valence-corrected chi connectivity index (χ3v) is 7.67. The number of thioether (sulfide) groups is 1. The fraction of sp³-hybridized carbons (Fsp3) is 0.333. The first kappa shape index (κ1) is 28.0. The van der Waals surface area contributed by atoms with Crippen molar-refractivity contribution in [3.05, 3.63) is 106 Å². The van der Waals surface area contributed by atoms with Crippen LogP contribution in [0.1, 0.15) is 42.5 Å². The van der Waals surface area contributed by atoms with Crippen LogP contribution in [-0.4, -0.2) is 34.6 Å². The fourth-order valence-electron chi connectivity index (χ4n) is 3.80. The summed E-state index contributed by atoms with van der Waals surface area (Å²) in [5.74, 6) is 0.911. The molecule has 0 aliphatic rings. The van der Waals surface area contributed by atoms with Gasteiger partial charge < -0.3 is 10.2 Å². The molecule has 0 aliphatic heterocycles. The molecule has 2 atom stereocenters. The minimum Gasteiger partial charge on any atom is -0.352 e. The molecule has 3 aromatic rings. The van der Waals surface area contributed by atoms with Gasteiger partial charge in [0.25, 0.3) is 0 Å².